The Balaban J connectivity index is 0.836. The van der Waals surface area contributed by atoms with Gasteiger partial charge in [0.25, 0.3) is 21.6 Å². The molecule has 5 aromatic rings. The number of piperidine rings is 1. The van der Waals surface area contributed by atoms with E-state index in [0.29, 0.717) is 43.5 Å². The lowest BCUT2D eigenvalue weighted by Crippen LogP contribution is -2.49. The summed E-state index contributed by atoms with van der Waals surface area (Å²) >= 11 is 6.67. The van der Waals surface area contributed by atoms with Gasteiger partial charge in [0.05, 0.1) is 21.6 Å². The van der Waals surface area contributed by atoms with E-state index in [2.05, 4.69) is 46.1 Å². The van der Waals surface area contributed by atoms with E-state index in [0.717, 1.165) is 106 Å². The van der Waals surface area contributed by atoms with Crippen LogP contribution in [0.3, 0.4) is 0 Å². The number of aromatic nitrogens is 2. The number of aromatic amines is 1. The number of hydrogen-bond acceptors (Lipinski definition) is 13. The Morgan fingerprint density at radius 3 is 2.53 bits per heavy atom. The van der Waals surface area contributed by atoms with Crippen LogP contribution in [-0.2, 0) is 21.2 Å². The van der Waals surface area contributed by atoms with Crippen LogP contribution >= 0.6 is 11.6 Å². The molecule has 19 heteroatoms. The number of carbonyl (C=O) groups is 2. The minimum atomic E-state index is -4.59. The molecule has 3 fully saturated rings. The van der Waals surface area contributed by atoms with E-state index in [4.69, 9.17) is 21.1 Å². The van der Waals surface area contributed by atoms with E-state index in [1.165, 1.54) is 29.5 Å². The number of nitro groups is 1. The van der Waals surface area contributed by atoms with Gasteiger partial charge in [-0.2, -0.15) is 0 Å². The Bertz CT molecular complexity index is 2850. The Morgan fingerprint density at radius 2 is 1.77 bits per heavy atom. The van der Waals surface area contributed by atoms with Crippen LogP contribution < -0.4 is 25.0 Å². The zero-order valence-electron chi connectivity index (χ0n) is 40.0. The first-order chi connectivity index (χ1) is 33.5. The van der Waals surface area contributed by atoms with Gasteiger partial charge in [-0.15, -0.1) is 0 Å². The van der Waals surface area contributed by atoms with Crippen LogP contribution in [-0.4, -0.2) is 110 Å². The molecule has 4 N–H and O–H groups in total. The fourth-order valence-corrected chi connectivity index (χ4v) is 12.0. The van der Waals surface area contributed by atoms with E-state index in [9.17, 15) is 28.1 Å². The van der Waals surface area contributed by atoms with E-state index < -0.39 is 43.1 Å². The maximum atomic E-state index is 14.0. The molecule has 2 saturated heterocycles. The van der Waals surface area contributed by atoms with Gasteiger partial charge in [-0.1, -0.05) is 30.2 Å². The number of hydrogen-bond donors (Lipinski definition) is 4. The van der Waals surface area contributed by atoms with E-state index in [-0.39, 0.29) is 28.5 Å². The third-order valence-electron chi connectivity index (χ3n) is 14.3. The third-order valence-corrected chi connectivity index (χ3v) is 16.0. The number of sulfonamides is 1. The highest BCUT2D eigenvalue weighted by Gasteiger charge is 2.45. The molecule has 0 unspecified atom stereocenters. The van der Waals surface area contributed by atoms with E-state index in [1.807, 2.05) is 39.0 Å². The summed E-state index contributed by atoms with van der Waals surface area (Å²) in [5.74, 6) is -0.183. The number of nitrogens with zero attached hydrogens (tertiary/aromatic N) is 5. The van der Waals surface area contributed by atoms with Gasteiger partial charge in [0.15, 0.2) is 0 Å². The van der Waals surface area contributed by atoms with Crippen molar-refractivity contribution in [2.24, 2.45) is 11.3 Å². The number of halogens is 1. The summed E-state index contributed by atoms with van der Waals surface area (Å²) in [4.78, 5) is 51.9. The van der Waals surface area contributed by atoms with Crippen LogP contribution in [0.1, 0.15) is 93.2 Å². The number of nitro benzene ring substituents is 1. The topological polar surface area (TPSA) is 204 Å². The Kier molecular flexibility index (Phi) is 14.3. The Hall–Kier alpha value is -5.95. The first-order valence-electron chi connectivity index (χ1n) is 24.3. The molecule has 2 aliphatic carbocycles. The molecule has 1 spiro atoms. The molecule has 2 aliphatic heterocycles. The number of piperazine rings is 1. The summed E-state index contributed by atoms with van der Waals surface area (Å²) in [6, 6.07) is 18.8. The fourth-order valence-electron chi connectivity index (χ4n) is 10.8. The zero-order chi connectivity index (χ0) is 49.2. The number of H-pyrrole nitrogens is 1. The lowest BCUT2D eigenvalue weighted by atomic mass is 9.57. The van der Waals surface area contributed by atoms with Gasteiger partial charge in [-0.25, -0.2) is 22.9 Å². The summed E-state index contributed by atoms with van der Waals surface area (Å²) in [5, 5.41) is 20.0. The number of alkyl carbamates (subject to hydrolysis) is 1. The van der Waals surface area contributed by atoms with Gasteiger partial charge in [0.2, 0.25) is 0 Å². The highest BCUT2D eigenvalue weighted by Crippen LogP contribution is 2.52. The van der Waals surface area contributed by atoms with Crippen molar-refractivity contribution >= 4 is 61.7 Å². The van der Waals surface area contributed by atoms with Crippen LogP contribution in [0.4, 0.5) is 21.9 Å². The van der Waals surface area contributed by atoms with Crippen molar-refractivity contribution in [1.29, 1.82) is 0 Å². The monoisotopic (exact) mass is 995 g/mol. The van der Waals surface area contributed by atoms with Crippen LogP contribution in [0, 0.1) is 21.4 Å². The minimum absolute atomic E-state index is 0.0426. The number of benzene rings is 3. The molecule has 70 heavy (non-hydrogen) atoms. The molecular formula is C51H62ClN9O8S. The summed E-state index contributed by atoms with van der Waals surface area (Å²) in [6.45, 7) is 12.2. The predicted molar refractivity (Wildman–Crippen MR) is 269 cm³/mol. The van der Waals surface area contributed by atoms with Crippen LogP contribution in [0.15, 0.2) is 84.0 Å². The van der Waals surface area contributed by atoms with Gasteiger partial charge in [-0.3, -0.25) is 19.8 Å². The molecule has 0 radical (unpaired) electrons. The van der Waals surface area contributed by atoms with E-state index in [1.54, 1.807) is 30.5 Å². The number of nitrogens with one attached hydrogen (secondary N) is 4. The lowest BCUT2D eigenvalue weighted by Gasteiger charge is -2.52. The molecule has 3 aromatic carbocycles. The number of amides is 2. The quantitative estimate of drug-likeness (QED) is 0.0466. The maximum absolute atomic E-state index is 14.0. The third kappa shape index (κ3) is 11.3. The number of carbonyl (C=O) groups excluding carboxylic acids is 2. The molecule has 1 atom stereocenters. The summed E-state index contributed by atoms with van der Waals surface area (Å²) < 4.78 is 41.5. The minimum Gasteiger partial charge on any atom is -0.455 e. The first-order valence-corrected chi connectivity index (χ1v) is 26.2. The number of rotatable bonds is 14. The molecule has 4 heterocycles. The molecule has 0 bridgehead atoms. The molecular weight excluding hydrogens is 934 g/mol. The molecule has 17 nitrogen and oxygen atoms in total. The van der Waals surface area contributed by atoms with Crippen molar-refractivity contribution in [1.82, 2.24) is 29.8 Å². The summed E-state index contributed by atoms with van der Waals surface area (Å²) in [7, 11) is -4.59. The molecule has 2 aromatic heterocycles. The molecule has 2 amide bonds. The first kappa shape index (κ1) is 49.0. The molecule has 4 aliphatic rings. The lowest BCUT2D eigenvalue weighted by molar-refractivity contribution is -0.384. The van der Waals surface area contributed by atoms with Gasteiger partial charge in [-0.05, 0) is 144 Å². The molecule has 372 valence electrons. The predicted octanol–water partition coefficient (Wildman–Crippen LogP) is 9.05. The van der Waals surface area contributed by atoms with Crippen molar-refractivity contribution in [3.8, 4) is 11.5 Å². The van der Waals surface area contributed by atoms with Crippen LogP contribution in [0.5, 0.6) is 11.5 Å². The number of pyridine rings is 1. The van der Waals surface area contributed by atoms with Crippen LogP contribution in [0.25, 0.3) is 11.0 Å². The highest BCUT2D eigenvalue weighted by molar-refractivity contribution is 7.90. The summed E-state index contributed by atoms with van der Waals surface area (Å²) in [5.41, 5.74) is 3.45. The van der Waals surface area contributed by atoms with Crippen molar-refractivity contribution < 1.29 is 32.4 Å². The average Bonchev–Trinajstić information content (AvgIpc) is 3.67. The largest absolute Gasteiger partial charge is 0.455 e. The second-order valence-corrected chi connectivity index (χ2v) is 22.3. The van der Waals surface area contributed by atoms with Crippen LogP contribution in [0.2, 0.25) is 5.02 Å². The van der Waals surface area contributed by atoms with Gasteiger partial charge < -0.3 is 34.9 Å². The van der Waals surface area contributed by atoms with Crippen molar-refractivity contribution in [3.05, 3.63) is 111 Å². The van der Waals surface area contributed by atoms with Crippen molar-refractivity contribution in [2.75, 3.05) is 69.1 Å². The second-order valence-electron chi connectivity index (χ2n) is 20.3. The fraction of sp³-hybridized carbons (Fsp3) is 0.471. The number of anilines is 2. The summed E-state index contributed by atoms with van der Waals surface area (Å²) in [6.07, 6.45) is 11.2. The van der Waals surface area contributed by atoms with Crippen molar-refractivity contribution in [3.63, 3.8) is 0 Å². The molecule has 1 saturated carbocycles. The second kappa shape index (κ2) is 20.4. The van der Waals surface area contributed by atoms with Gasteiger partial charge >= 0.3 is 6.09 Å². The normalized spacial score (nSPS) is 18.9. The zero-order valence-corrected chi connectivity index (χ0v) is 41.5. The standard InChI is InChI=1S/C51H62ClN9O8S/c1-50(2,3)69-49(63)54-19-22-58-20-16-51(17-21-58)30-34(31-51)32-55-43-14-12-38(29-45(43)61(64)65)70(66,67)57-48(62)41-13-11-36(28-46(41)68-37-27-35-15-18-53-47(35)56-33-37)59-23-25-60(26-24-59)44-10-5-4-7-39-40(44)8-6-9-42(39)52/h6,8-9,11-15,18,27-29,33-34,44,55H,4-5,7,10,16-17,19-26,30-32H2,1-3H3,(H,53,56)(H,54,63)(H,57,62)/t44-/m1/s1. The molecule has 9 rings (SSSR count). The van der Waals surface area contributed by atoms with Crippen molar-refractivity contribution in [2.45, 2.75) is 88.7 Å². The number of likely N-dealkylation sites (tertiary alicyclic amines) is 1. The Morgan fingerprint density at radius 1 is 0.986 bits per heavy atom. The van der Waals surface area contributed by atoms with Gasteiger partial charge in [0, 0.05) is 86.3 Å². The highest BCUT2D eigenvalue weighted by atomic mass is 35.5. The van der Waals surface area contributed by atoms with Gasteiger partial charge in [0.1, 0.15) is 28.4 Å². The van der Waals surface area contributed by atoms with E-state index >= 15 is 0 Å². The smallest absolute Gasteiger partial charge is 0.407 e. The number of fused-ring (bicyclic) bond motifs is 2. The number of ether oxygens (including phenoxy) is 2. The maximum Gasteiger partial charge on any atom is 0.407 e. The average molecular weight is 997 g/mol. The Labute approximate surface area is 413 Å². The SMILES string of the molecule is CC(C)(C)OC(=O)NCCN1CCC2(CC1)CC(CNc1ccc(S(=O)(=O)NC(=O)c3ccc(N4CCN([C@@H]5CCCCc6c(Cl)cccc65)CC4)cc3Oc3cnc4[nH]ccc4c3)cc1[N+](=O)[O-])C2.